The molecule has 0 spiro atoms. The highest BCUT2D eigenvalue weighted by atomic mass is 35.5. The highest BCUT2D eigenvalue weighted by Gasteiger charge is 2.17. The molecule has 0 saturated heterocycles. The third-order valence-corrected chi connectivity index (χ3v) is 3.97. The van der Waals surface area contributed by atoms with Gasteiger partial charge < -0.3 is 9.84 Å². The summed E-state index contributed by atoms with van der Waals surface area (Å²) in [6.45, 7) is 6.63. The molecule has 0 saturated carbocycles. The first-order valence-corrected chi connectivity index (χ1v) is 7.63. The van der Waals surface area contributed by atoms with Crippen LogP contribution in [-0.4, -0.2) is 16.1 Å². The molecular formula is C15H16ClNO3S. The van der Waals surface area contributed by atoms with Crippen molar-refractivity contribution in [2.24, 2.45) is 0 Å². The number of hydrogen-bond acceptors (Lipinski definition) is 4. The quantitative estimate of drug-likeness (QED) is 0.906. The lowest BCUT2D eigenvalue weighted by atomic mass is 9.93. The molecule has 0 unspecified atom stereocenters. The van der Waals surface area contributed by atoms with Gasteiger partial charge in [-0.15, -0.1) is 11.3 Å². The smallest absolute Gasteiger partial charge is 0.335 e. The number of rotatable bonds is 4. The Kier molecular flexibility index (Phi) is 4.54. The van der Waals surface area contributed by atoms with Crippen LogP contribution in [0.5, 0.6) is 5.75 Å². The molecule has 2 rings (SSSR count). The van der Waals surface area contributed by atoms with E-state index >= 15 is 0 Å². The van der Waals surface area contributed by atoms with Crippen molar-refractivity contribution in [3.05, 3.63) is 44.9 Å². The van der Waals surface area contributed by atoms with Crippen LogP contribution < -0.4 is 4.74 Å². The van der Waals surface area contributed by atoms with Gasteiger partial charge in [-0.2, -0.15) is 0 Å². The van der Waals surface area contributed by atoms with Gasteiger partial charge in [-0.05, 0) is 18.2 Å². The van der Waals surface area contributed by atoms with E-state index in [9.17, 15) is 4.79 Å². The SMILES string of the molecule is CC(C)(C)c1csc(COc2ccc(C(=O)O)cc2Cl)n1. The Balaban J connectivity index is 2.06. The van der Waals surface area contributed by atoms with Gasteiger partial charge in [0.2, 0.25) is 0 Å². The predicted octanol–water partition coefficient (Wildman–Crippen LogP) is 4.37. The number of carbonyl (C=O) groups is 1. The van der Waals surface area contributed by atoms with Crippen LogP contribution >= 0.6 is 22.9 Å². The molecule has 0 atom stereocenters. The Morgan fingerprint density at radius 1 is 1.43 bits per heavy atom. The lowest BCUT2D eigenvalue weighted by Gasteiger charge is -2.14. The molecule has 1 heterocycles. The average Bonchev–Trinajstić information content (AvgIpc) is 2.85. The number of carboxylic acid groups (broad SMARTS) is 1. The van der Waals surface area contributed by atoms with E-state index in [2.05, 4.69) is 25.8 Å². The number of ether oxygens (including phenoxy) is 1. The van der Waals surface area contributed by atoms with E-state index in [0.717, 1.165) is 10.7 Å². The van der Waals surface area contributed by atoms with E-state index in [1.807, 2.05) is 5.38 Å². The number of aromatic carboxylic acids is 1. The monoisotopic (exact) mass is 325 g/mol. The van der Waals surface area contributed by atoms with Crippen molar-refractivity contribution in [3.8, 4) is 5.75 Å². The second kappa shape index (κ2) is 6.03. The van der Waals surface area contributed by atoms with Crippen molar-refractivity contribution in [1.29, 1.82) is 0 Å². The van der Waals surface area contributed by atoms with Crippen molar-refractivity contribution in [1.82, 2.24) is 4.98 Å². The van der Waals surface area contributed by atoms with Gasteiger partial charge >= 0.3 is 5.97 Å². The van der Waals surface area contributed by atoms with Gasteiger partial charge in [0, 0.05) is 10.8 Å². The fourth-order valence-electron chi connectivity index (χ4n) is 1.61. The number of thiazole rings is 1. The average molecular weight is 326 g/mol. The minimum absolute atomic E-state index is 0.00946. The molecule has 0 aliphatic rings. The van der Waals surface area contributed by atoms with Crippen molar-refractivity contribution in [2.75, 3.05) is 0 Å². The first kappa shape index (κ1) is 15.8. The van der Waals surface area contributed by atoms with E-state index in [1.54, 1.807) is 6.07 Å². The minimum atomic E-state index is -1.02. The Morgan fingerprint density at radius 3 is 2.67 bits per heavy atom. The zero-order valence-corrected chi connectivity index (χ0v) is 13.6. The minimum Gasteiger partial charge on any atom is -0.485 e. The molecule has 0 radical (unpaired) electrons. The first-order valence-electron chi connectivity index (χ1n) is 6.38. The zero-order chi connectivity index (χ0) is 15.6. The summed E-state index contributed by atoms with van der Waals surface area (Å²) in [5.41, 5.74) is 1.17. The topological polar surface area (TPSA) is 59.4 Å². The van der Waals surface area contributed by atoms with E-state index in [-0.39, 0.29) is 16.0 Å². The maximum absolute atomic E-state index is 10.8. The number of benzene rings is 1. The summed E-state index contributed by atoms with van der Waals surface area (Å²) < 4.78 is 5.61. The highest BCUT2D eigenvalue weighted by Crippen LogP contribution is 2.28. The normalized spacial score (nSPS) is 11.4. The van der Waals surface area contributed by atoms with Crippen molar-refractivity contribution >= 4 is 28.9 Å². The fraction of sp³-hybridized carbons (Fsp3) is 0.333. The lowest BCUT2D eigenvalue weighted by molar-refractivity contribution is 0.0697. The highest BCUT2D eigenvalue weighted by molar-refractivity contribution is 7.09. The lowest BCUT2D eigenvalue weighted by Crippen LogP contribution is -2.11. The van der Waals surface area contributed by atoms with Gasteiger partial charge in [0.1, 0.15) is 17.4 Å². The van der Waals surface area contributed by atoms with Crippen LogP contribution in [0.4, 0.5) is 0 Å². The van der Waals surface area contributed by atoms with Crippen LogP contribution in [0.2, 0.25) is 5.02 Å². The number of nitrogens with zero attached hydrogens (tertiary/aromatic N) is 1. The third-order valence-electron chi connectivity index (χ3n) is 2.85. The molecule has 112 valence electrons. The molecule has 2 aromatic rings. The maximum Gasteiger partial charge on any atom is 0.335 e. The van der Waals surface area contributed by atoms with E-state index in [4.69, 9.17) is 21.4 Å². The molecule has 0 aliphatic heterocycles. The van der Waals surface area contributed by atoms with Gasteiger partial charge in [-0.1, -0.05) is 32.4 Å². The summed E-state index contributed by atoms with van der Waals surface area (Å²) in [5, 5.41) is 12.0. The van der Waals surface area contributed by atoms with Crippen LogP contribution in [0.1, 0.15) is 41.8 Å². The van der Waals surface area contributed by atoms with Gasteiger partial charge in [0.15, 0.2) is 0 Å². The van der Waals surface area contributed by atoms with E-state index in [0.29, 0.717) is 12.4 Å². The fourth-order valence-corrected chi connectivity index (χ4v) is 2.78. The maximum atomic E-state index is 10.8. The molecule has 21 heavy (non-hydrogen) atoms. The van der Waals surface area contributed by atoms with E-state index < -0.39 is 5.97 Å². The largest absolute Gasteiger partial charge is 0.485 e. The van der Waals surface area contributed by atoms with E-state index in [1.165, 1.54) is 23.5 Å². The van der Waals surface area contributed by atoms with Crippen molar-refractivity contribution in [3.63, 3.8) is 0 Å². The number of aromatic nitrogens is 1. The van der Waals surface area contributed by atoms with Crippen LogP contribution in [0, 0.1) is 0 Å². The summed E-state index contributed by atoms with van der Waals surface area (Å²) >= 11 is 7.55. The van der Waals surface area contributed by atoms with Crippen molar-refractivity contribution in [2.45, 2.75) is 32.8 Å². The molecule has 1 aromatic carbocycles. The standard InChI is InChI=1S/C15H16ClNO3S/c1-15(2,3)12-8-21-13(17-12)7-20-11-5-4-9(14(18)19)6-10(11)16/h4-6,8H,7H2,1-3H3,(H,18,19). The van der Waals surface area contributed by atoms with Crippen LogP contribution in [0.25, 0.3) is 0 Å². The Morgan fingerprint density at radius 2 is 2.14 bits per heavy atom. The van der Waals surface area contributed by atoms with Gasteiger partial charge in [0.05, 0.1) is 16.3 Å². The zero-order valence-electron chi connectivity index (χ0n) is 12.0. The molecule has 1 aromatic heterocycles. The van der Waals surface area contributed by atoms with Crippen LogP contribution in [0.3, 0.4) is 0 Å². The Hall–Kier alpha value is -1.59. The third kappa shape index (κ3) is 3.95. The second-order valence-corrected chi connectivity index (χ2v) is 6.97. The molecule has 0 bridgehead atoms. The van der Waals surface area contributed by atoms with Gasteiger partial charge in [-0.25, -0.2) is 9.78 Å². The first-order chi connectivity index (χ1) is 9.77. The molecular weight excluding hydrogens is 310 g/mol. The van der Waals surface area contributed by atoms with Crippen LogP contribution in [0.15, 0.2) is 23.6 Å². The summed E-state index contributed by atoms with van der Waals surface area (Å²) in [6, 6.07) is 4.40. The number of carboxylic acids is 1. The second-order valence-electron chi connectivity index (χ2n) is 5.62. The molecule has 1 N–H and O–H groups in total. The molecule has 0 amide bonds. The number of hydrogen-bond donors (Lipinski definition) is 1. The molecule has 6 heteroatoms. The summed E-state index contributed by atoms with van der Waals surface area (Å²) in [6.07, 6.45) is 0. The summed E-state index contributed by atoms with van der Waals surface area (Å²) in [4.78, 5) is 15.4. The summed E-state index contributed by atoms with van der Waals surface area (Å²) in [7, 11) is 0. The van der Waals surface area contributed by atoms with Gasteiger partial charge in [0.25, 0.3) is 0 Å². The molecule has 4 nitrogen and oxygen atoms in total. The molecule has 0 aliphatic carbocycles. The van der Waals surface area contributed by atoms with Gasteiger partial charge in [-0.3, -0.25) is 0 Å². The number of halogens is 1. The Labute approximate surface area is 132 Å². The van der Waals surface area contributed by atoms with Crippen LogP contribution in [-0.2, 0) is 12.0 Å². The predicted molar refractivity (Wildman–Crippen MR) is 83.6 cm³/mol. The molecule has 0 fully saturated rings. The Bertz CT molecular complexity index is 661. The summed E-state index contributed by atoms with van der Waals surface area (Å²) in [5.74, 6) is -0.563. The van der Waals surface area contributed by atoms with Crippen molar-refractivity contribution < 1.29 is 14.6 Å².